The first-order valence-corrected chi connectivity index (χ1v) is 9.31. The number of hydrogen-bond donors (Lipinski definition) is 1. The van der Waals surface area contributed by atoms with Gasteiger partial charge in [0.05, 0.1) is 12.7 Å². The van der Waals surface area contributed by atoms with Gasteiger partial charge >= 0.3 is 0 Å². The van der Waals surface area contributed by atoms with E-state index in [9.17, 15) is 5.11 Å². The van der Waals surface area contributed by atoms with Crippen LogP contribution in [0.1, 0.15) is 22.3 Å². The van der Waals surface area contributed by atoms with Gasteiger partial charge in [-0.1, -0.05) is 30.3 Å². The Morgan fingerprint density at radius 3 is 2.33 bits per heavy atom. The fourth-order valence-electron chi connectivity index (χ4n) is 3.55. The minimum absolute atomic E-state index is 0.310. The van der Waals surface area contributed by atoms with Crippen LogP contribution in [-0.4, -0.2) is 17.8 Å². The molecule has 4 rings (SSSR count). The van der Waals surface area contributed by atoms with Gasteiger partial charge in [0.15, 0.2) is 0 Å². The van der Waals surface area contributed by atoms with Gasteiger partial charge in [0.2, 0.25) is 0 Å². The van der Waals surface area contributed by atoms with E-state index in [4.69, 9.17) is 9.47 Å². The van der Waals surface area contributed by atoms with Crippen LogP contribution < -0.4 is 4.74 Å². The van der Waals surface area contributed by atoms with Crippen LogP contribution in [0, 0.1) is 13.8 Å². The van der Waals surface area contributed by atoms with Gasteiger partial charge in [-0.3, -0.25) is 0 Å². The standard InChI is InChI=1S/C24H24O3/c1-16-10-21(25)11-17(2)24(16)20-5-3-4-19(12-20)14-26-22-8-6-18(7-9-22)13-23-15-27-23/h3-12,23,25H,13-15H2,1-2H3. The Morgan fingerprint density at radius 2 is 1.67 bits per heavy atom. The summed E-state index contributed by atoms with van der Waals surface area (Å²) >= 11 is 0. The van der Waals surface area contributed by atoms with Gasteiger partial charge in [0.1, 0.15) is 18.1 Å². The lowest BCUT2D eigenvalue weighted by atomic mass is 9.94. The fraction of sp³-hybridized carbons (Fsp3) is 0.250. The molecule has 1 heterocycles. The minimum atomic E-state index is 0.310. The number of epoxide rings is 1. The lowest BCUT2D eigenvalue weighted by molar-refractivity contribution is 0.306. The van der Waals surface area contributed by atoms with E-state index in [1.807, 2.05) is 26.0 Å². The molecule has 3 aromatic rings. The van der Waals surface area contributed by atoms with E-state index in [0.29, 0.717) is 18.5 Å². The molecule has 3 heteroatoms. The molecule has 3 aromatic carbocycles. The van der Waals surface area contributed by atoms with E-state index in [0.717, 1.165) is 41.0 Å². The summed E-state index contributed by atoms with van der Waals surface area (Å²) in [5, 5.41) is 9.77. The van der Waals surface area contributed by atoms with Crippen LogP contribution in [0.3, 0.4) is 0 Å². The van der Waals surface area contributed by atoms with E-state index in [1.165, 1.54) is 11.1 Å². The lowest BCUT2D eigenvalue weighted by Gasteiger charge is -2.13. The maximum absolute atomic E-state index is 9.77. The zero-order chi connectivity index (χ0) is 18.8. The first-order chi connectivity index (χ1) is 13.1. The molecule has 1 saturated heterocycles. The van der Waals surface area contributed by atoms with Gasteiger partial charge in [-0.25, -0.2) is 0 Å². The van der Waals surface area contributed by atoms with Crippen molar-refractivity contribution in [3.05, 3.63) is 82.9 Å². The molecule has 1 atom stereocenters. The Kier molecular flexibility index (Phi) is 4.87. The molecule has 1 fully saturated rings. The smallest absolute Gasteiger partial charge is 0.119 e. The highest BCUT2D eigenvalue weighted by molar-refractivity contribution is 5.72. The van der Waals surface area contributed by atoms with E-state index < -0.39 is 0 Å². The summed E-state index contributed by atoms with van der Waals surface area (Å²) in [6.45, 7) is 5.46. The van der Waals surface area contributed by atoms with Crippen LogP contribution in [0.25, 0.3) is 11.1 Å². The van der Waals surface area contributed by atoms with Crippen molar-refractivity contribution < 1.29 is 14.6 Å². The third-order valence-corrected chi connectivity index (χ3v) is 4.93. The zero-order valence-corrected chi connectivity index (χ0v) is 15.7. The molecule has 27 heavy (non-hydrogen) atoms. The van der Waals surface area contributed by atoms with Crippen molar-refractivity contribution >= 4 is 0 Å². The van der Waals surface area contributed by atoms with E-state index in [-0.39, 0.29) is 0 Å². The number of ether oxygens (including phenoxy) is 2. The van der Waals surface area contributed by atoms with Crippen LogP contribution >= 0.6 is 0 Å². The monoisotopic (exact) mass is 360 g/mol. The fourth-order valence-corrected chi connectivity index (χ4v) is 3.55. The van der Waals surface area contributed by atoms with Gasteiger partial charge in [-0.2, -0.15) is 0 Å². The summed E-state index contributed by atoms with van der Waals surface area (Å²) in [5.41, 5.74) is 6.86. The SMILES string of the molecule is Cc1cc(O)cc(C)c1-c1cccc(COc2ccc(CC3CO3)cc2)c1. The van der Waals surface area contributed by atoms with Gasteiger partial charge in [0, 0.05) is 6.42 Å². The first-order valence-electron chi connectivity index (χ1n) is 9.31. The number of phenolic OH excluding ortho intramolecular Hbond substituents is 1. The van der Waals surface area contributed by atoms with Gasteiger partial charge in [0.25, 0.3) is 0 Å². The average molecular weight is 360 g/mol. The van der Waals surface area contributed by atoms with Crippen LogP contribution in [0.5, 0.6) is 11.5 Å². The molecule has 0 aromatic heterocycles. The molecule has 3 nitrogen and oxygen atoms in total. The number of phenols is 1. The maximum atomic E-state index is 9.77. The molecule has 1 N–H and O–H groups in total. The van der Waals surface area contributed by atoms with Crippen LogP contribution in [-0.2, 0) is 17.8 Å². The molecule has 1 aliphatic rings. The van der Waals surface area contributed by atoms with E-state index in [1.54, 1.807) is 12.1 Å². The number of aryl methyl sites for hydroxylation is 2. The topological polar surface area (TPSA) is 42.0 Å². The van der Waals surface area contributed by atoms with E-state index in [2.05, 4.69) is 36.4 Å². The maximum Gasteiger partial charge on any atom is 0.119 e. The molecular formula is C24H24O3. The summed E-state index contributed by atoms with van der Waals surface area (Å²) in [5.74, 6) is 1.18. The zero-order valence-electron chi connectivity index (χ0n) is 15.7. The number of benzene rings is 3. The highest BCUT2D eigenvalue weighted by Gasteiger charge is 2.22. The summed E-state index contributed by atoms with van der Waals surface area (Å²) in [6.07, 6.45) is 1.39. The highest BCUT2D eigenvalue weighted by atomic mass is 16.6. The van der Waals surface area contributed by atoms with Gasteiger partial charge in [-0.15, -0.1) is 0 Å². The Labute approximate surface area is 160 Å². The molecule has 138 valence electrons. The molecule has 0 saturated carbocycles. The summed E-state index contributed by atoms with van der Waals surface area (Å²) in [4.78, 5) is 0. The summed E-state index contributed by atoms with van der Waals surface area (Å²) in [6, 6.07) is 20.3. The van der Waals surface area contributed by atoms with Crippen molar-refractivity contribution in [2.75, 3.05) is 6.61 Å². The number of aromatic hydroxyl groups is 1. The van der Waals surface area contributed by atoms with Crippen molar-refractivity contribution in [3.8, 4) is 22.6 Å². The second kappa shape index (κ2) is 7.45. The second-order valence-electron chi connectivity index (χ2n) is 7.25. The highest BCUT2D eigenvalue weighted by Crippen LogP contribution is 2.31. The Bertz CT molecular complexity index is 917. The third kappa shape index (κ3) is 4.32. The average Bonchev–Trinajstić information content (AvgIpc) is 3.45. The molecule has 0 amide bonds. The molecular weight excluding hydrogens is 336 g/mol. The normalized spacial score (nSPS) is 15.6. The molecule has 0 radical (unpaired) electrons. The Balaban J connectivity index is 1.46. The van der Waals surface area contributed by atoms with Crippen LogP contribution in [0.4, 0.5) is 0 Å². The first kappa shape index (κ1) is 17.6. The van der Waals surface area contributed by atoms with Crippen LogP contribution in [0.2, 0.25) is 0 Å². The lowest BCUT2D eigenvalue weighted by Crippen LogP contribution is -1.97. The summed E-state index contributed by atoms with van der Waals surface area (Å²) in [7, 11) is 0. The minimum Gasteiger partial charge on any atom is -0.508 e. The van der Waals surface area contributed by atoms with Crippen molar-refractivity contribution in [2.45, 2.75) is 33.0 Å². The molecule has 1 unspecified atom stereocenters. The van der Waals surface area contributed by atoms with E-state index >= 15 is 0 Å². The van der Waals surface area contributed by atoms with Crippen molar-refractivity contribution in [1.82, 2.24) is 0 Å². The Morgan fingerprint density at radius 1 is 0.963 bits per heavy atom. The second-order valence-corrected chi connectivity index (χ2v) is 7.25. The Hall–Kier alpha value is -2.78. The van der Waals surface area contributed by atoms with Crippen molar-refractivity contribution in [2.24, 2.45) is 0 Å². The predicted molar refractivity (Wildman–Crippen MR) is 107 cm³/mol. The largest absolute Gasteiger partial charge is 0.508 e. The van der Waals surface area contributed by atoms with Crippen LogP contribution in [0.15, 0.2) is 60.7 Å². The van der Waals surface area contributed by atoms with Gasteiger partial charge in [-0.05, 0) is 77.6 Å². The molecule has 1 aliphatic heterocycles. The molecule has 0 aliphatic carbocycles. The number of rotatable bonds is 6. The third-order valence-electron chi connectivity index (χ3n) is 4.93. The van der Waals surface area contributed by atoms with Crippen molar-refractivity contribution in [3.63, 3.8) is 0 Å². The van der Waals surface area contributed by atoms with Gasteiger partial charge < -0.3 is 14.6 Å². The quantitative estimate of drug-likeness (QED) is 0.615. The summed E-state index contributed by atoms with van der Waals surface area (Å²) < 4.78 is 11.2. The number of hydrogen-bond acceptors (Lipinski definition) is 3. The molecule has 0 spiro atoms. The molecule has 0 bridgehead atoms. The van der Waals surface area contributed by atoms with Crippen molar-refractivity contribution in [1.29, 1.82) is 0 Å². The predicted octanol–water partition coefficient (Wildman–Crippen LogP) is 5.20.